The molecule has 24 heavy (non-hydrogen) atoms. The summed E-state index contributed by atoms with van der Waals surface area (Å²) in [7, 11) is 0. The molecule has 0 spiro atoms. The van der Waals surface area contributed by atoms with Crippen LogP contribution >= 0.6 is 0 Å². The Morgan fingerprint density at radius 1 is 1.17 bits per heavy atom. The fourth-order valence-corrected chi connectivity index (χ4v) is 2.73. The highest BCUT2D eigenvalue weighted by atomic mass is 19.4. The van der Waals surface area contributed by atoms with Gasteiger partial charge in [-0.15, -0.1) is 18.3 Å². The smallest absolute Gasteiger partial charge is 0.406 e. The van der Waals surface area contributed by atoms with Crippen LogP contribution in [-0.2, 0) is 0 Å². The second-order valence-corrected chi connectivity index (χ2v) is 5.48. The summed E-state index contributed by atoms with van der Waals surface area (Å²) < 4.78 is 42.0. The molecule has 1 aromatic heterocycles. The summed E-state index contributed by atoms with van der Waals surface area (Å²) in [6.07, 6.45) is 0.174. The number of rotatable bonds is 3. The number of likely N-dealkylation sites (tertiary alicyclic amines) is 1. The van der Waals surface area contributed by atoms with E-state index >= 15 is 0 Å². The van der Waals surface area contributed by atoms with Crippen molar-refractivity contribution in [3.8, 4) is 5.75 Å². The van der Waals surface area contributed by atoms with Crippen LogP contribution in [0.2, 0.25) is 0 Å². The van der Waals surface area contributed by atoms with E-state index in [-0.39, 0.29) is 17.7 Å². The first-order valence-corrected chi connectivity index (χ1v) is 7.43. The predicted molar refractivity (Wildman–Crippen MR) is 77.3 cm³/mol. The third kappa shape index (κ3) is 3.84. The highest BCUT2D eigenvalue weighted by Gasteiger charge is 2.31. The monoisotopic (exact) mass is 340 g/mol. The second-order valence-electron chi connectivity index (χ2n) is 5.48. The fourth-order valence-electron chi connectivity index (χ4n) is 2.73. The summed E-state index contributed by atoms with van der Waals surface area (Å²) in [5.41, 5.74) is 0.337. The SMILES string of the molecule is O=C(c1ccc(OC(F)(F)F)cc1)N1CCC(n2ccnn2)CC1. The normalized spacial score (nSPS) is 16.2. The first kappa shape index (κ1) is 16.3. The molecule has 0 bridgehead atoms. The number of hydrogen-bond donors (Lipinski definition) is 0. The number of nitrogens with zero attached hydrogens (tertiary/aromatic N) is 4. The molecule has 1 saturated heterocycles. The Balaban J connectivity index is 1.59. The van der Waals surface area contributed by atoms with Crippen LogP contribution in [0.3, 0.4) is 0 Å². The average molecular weight is 340 g/mol. The topological polar surface area (TPSA) is 60.2 Å². The number of alkyl halides is 3. The van der Waals surface area contributed by atoms with Crippen molar-refractivity contribution in [3.63, 3.8) is 0 Å². The van der Waals surface area contributed by atoms with Gasteiger partial charge in [-0.2, -0.15) is 0 Å². The molecular weight excluding hydrogens is 325 g/mol. The largest absolute Gasteiger partial charge is 0.573 e. The molecule has 0 radical (unpaired) electrons. The van der Waals surface area contributed by atoms with Crippen molar-refractivity contribution in [1.82, 2.24) is 19.9 Å². The lowest BCUT2D eigenvalue weighted by Crippen LogP contribution is -2.39. The molecule has 0 N–H and O–H groups in total. The fraction of sp³-hybridized carbons (Fsp3) is 0.400. The van der Waals surface area contributed by atoms with Gasteiger partial charge in [0, 0.05) is 24.8 Å². The van der Waals surface area contributed by atoms with E-state index in [0.717, 1.165) is 25.0 Å². The van der Waals surface area contributed by atoms with Crippen LogP contribution in [0.1, 0.15) is 29.2 Å². The van der Waals surface area contributed by atoms with E-state index < -0.39 is 6.36 Å². The third-order valence-electron chi connectivity index (χ3n) is 3.90. The summed E-state index contributed by atoms with van der Waals surface area (Å²) >= 11 is 0. The lowest BCUT2D eigenvalue weighted by atomic mass is 10.0. The van der Waals surface area contributed by atoms with E-state index in [2.05, 4.69) is 15.0 Å². The maximum atomic E-state index is 12.4. The van der Waals surface area contributed by atoms with Gasteiger partial charge in [0.2, 0.25) is 0 Å². The van der Waals surface area contributed by atoms with Crippen LogP contribution in [0.5, 0.6) is 5.75 Å². The molecule has 6 nitrogen and oxygen atoms in total. The molecule has 9 heteroatoms. The Bertz CT molecular complexity index is 678. The number of benzene rings is 1. The average Bonchev–Trinajstić information content (AvgIpc) is 3.08. The zero-order valence-electron chi connectivity index (χ0n) is 12.6. The zero-order chi connectivity index (χ0) is 17.2. The van der Waals surface area contributed by atoms with Crippen molar-refractivity contribution < 1.29 is 22.7 Å². The van der Waals surface area contributed by atoms with Crippen LogP contribution in [-0.4, -0.2) is 45.3 Å². The Morgan fingerprint density at radius 2 is 1.83 bits per heavy atom. The molecular formula is C15H15F3N4O2. The van der Waals surface area contributed by atoms with Gasteiger partial charge < -0.3 is 9.64 Å². The molecule has 2 heterocycles. The predicted octanol–water partition coefficient (Wildman–Crippen LogP) is 2.65. The zero-order valence-corrected chi connectivity index (χ0v) is 12.6. The van der Waals surface area contributed by atoms with Crippen molar-refractivity contribution in [1.29, 1.82) is 0 Å². The molecule has 1 aliphatic rings. The molecule has 1 aromatic carbocycles. The molecule has 2 aromatic rings. The molecule has 0 atom stereocenters. The maximum absolute atomic E-state index is 12.4. The standard InChI is InChI=1S/C15H15F3N4O2/c16-15(17,18)24-13-3-1-11(2-4-13)14(23)21-8-5-12(6-9-21)22-10-7-19-20-22/h1-4,7,10,12H,5-6,8-9H2. The molecule has 1 fully saturated rings. The van der Waals surface area contributed by atoms with Gasteiger partial charge in [-0.1, -0.05) is 5.21 Å². The third-order valence-corrected chi connectivity index (χ3v) is 3.90. The maximum Gasteiger partial charge on any atom is 0.573 e. The van der Waals surface area contributed by atoms with E-state index in [1.165, 1.54) is 12.1 Å². The van der Waals surface area contributed by atoms with Gasteiger partial charge in [0.25, 0.3) is 5.91 Å². The Morgan fingerprint density at radius 3 is 2.38 bits per heavy atom. The first-order chi connectivity index (χ1) is 11.4. The first-order valence-electron chi connectivity index (χ1n) is 7.43. The van der Waals surface area contributed by atoms with Crippen molar-refractivity contribution in [2.45, 2.75) is 25.2 Å². The van der Waals surface area contributed by atoms with Crippen molar-refractivity contribution in [2.75, 3.05) is 13.1 Å². The van der Waals surface area contributed by atoms with Gasteiger partial charge in [-0.05, 0) is 37.1 Å². The number of hydrogen-bond acceptors (Lipinski definition) is 4. The lowest BCUT2D eigenvalue weighted by molar-refractivity contribution is -0.274. The van der Waals surface area contributed by atoms with E-state index in [0.29, 0.717) is 18.7 Å². The number of aromatic nitrogens is 3. The molecule has 0 saturated carbocycles. The molecule has 1 aliphatic heterocycles. The van der Waals surface area contributed by atoms with Crippen molar-refractivity contribution in [2.24, 2.45) is 0 Å². The van der Waals surface area contributed by atoms with Crippen molar-refractivity contribution in [3.05, 3.63) is 42.2 Å². The number of halogens is 3. The second kappa shape index (κ2) is 6.50. The summed E-state index contributed by atoms with van der Waals surface area (Å²) in [5, 5.41) is 7.74. The molecule has 128 valence electrons. The molecule has 3 rings (SSSR count). The van der Waals surface area contributed by atoms with Crippen molar-refractivity contribution >= 4 is 5.91 Å². The molecule has 0 unspecified atom stereocenters. The van der Waals surface area contributed by atoms with Crippen LogP contribution < -0.4 is 4.74 Å². The number of carbonyl (C=O) groups excluding carboxylic acids is 1. The van der Waals surface area contributed by atoms with Gasteiger partial charge in [-0.25, -0.2) is 4.68 Å². The van der Waals surface area contributed by atoms with Crippen LogP contribution in [0, 0.1) is 0 Å². The molecule has 0 aliphatic carbocycles. The van der Waals surface area contributed by atoms with E-state index in [9.17, 15) is 18.0 Å². The van der Waals surface area contributed by atoms with Gasteiger partial charge >= 0.3 is 6.36 Å². The lowest BCUT2D eigenvalue weighted by Gasteiger charge is -2.31. The summed E-state index contributed by atoms with van der Waals surface area (Å²) in [4.78, 5) is 14.1. The van der Waals surface area contributed by atoms with Gasteiger partial charge in [0.1, 0.15) is 5.75 Å². The Hall–Kier alpha value is -2.58. The summed E-state index contributed by atoms with van der Waals surface area (Å²) in [5.74, 6) is -0.547. The van der Waals surface area contributed by atoms with Crippen LogP contribution in [0.25, 0.3) is 0 Å². The van der Waals surface area contributed by atoms with Crippen LogP contribution in [0.15, 0.2) is 36.7 Å². The highest BCUT2D eigenvalue weighted by Crippen LogP contribution is 2.25. The summed E-state index contributed by atoms with van der Waals surface area (Å²) in [6, 6.07) is 5.17. The van der Waals surface area contributed by atoms with Gasteiger partial charge in [0.05, 0.1) is 12.2 Å². The number of ether oxygens (including phenoxy) is 1. The quantitative estimate of drug-likeness (QED) is 0.862. The number of carbonyl (C=O) groups is 1. The summed E-state index contributed by atoms with van der Waals surface area (Å²) in [6.45, 7) is 1.12. The van der Waals surface area contributed by atoms with Crippen LogP contribution in [0.4, 0.5) is 13.2 Å². The molecule has 1 amide bonds. The van der Waals surface area contributed by atoms with Gasteiger partial charge in [-0.3, -0.25) is 4.79 Å². The minimum atomic E-state index is -4.74. The van der Waals surface area contributed by atoms with E-state index in [1.54, 1.807) is 22.0 Å². The number of amides is 1. The minimum Gasteiger partial charge on any atom is -0.406 e. The van der Waals surface area contributed by atoms with E-state index in [4.69, 9.17) is 0 Å². The van der Waals surface area contributed by atoms with E-state index in [1.807, 2.05) is 0 Å². The number of piperidine rings is 1. The Labute approximate surface area is 135 Å². The highest BCUT2D eigenvalue weighted by molar-refractivity contribution is 5.94. The Kier molecular flexibility index (Phi) is 4.41. The van der Waals surface area contributed by atoms with Gasteiger partial charge in [0.15, 0.2) is 0 Å². The minimum absolute atomic E-state index is 0.203.